The van der Waals surface area contributed by atoms with Crippen LogP contribution in [-0.2, 0) is 4.79 Å². The topological polar surface area (TPSA) is 46.3 Å². The maximum atomic E-state index is 12.1. The maximum absolute atomic E-state index is 12.1. The molecule has 1 aromatic rings. The molecule has 0 aliphatic carbocycles. The lowest BCUT2D eigenvalue weighted by molar-refractivity contribution is -0.121. The molecule has 0 bridgehead atoms. The summed E-state index contributed by atoms with van der Waals surface area (Å²) in [6, 6.07) is 7.30. The summed E-state index contributed by atoms with van der Waals surface area (Å²) in [5.41, 5.74) is 6.37. The van der Waals surface area contributed by atoms with Crippen LogP contribution in [0.5, 0.6) is 0 Å². The van der Waals surface area contributed by atoms with Gasteiger partial charge in [0.1, 0.15) is 0 Å². The van der Waals surface area contributed by atoms with Gasteiger partial charge in [0.2, 0.25) is 5.91 Å². The summed E-state index contributed by atoms with van der Waals surface area (Å²) in [4.78, 5) is 13.9. The lowest BCUT2D eigenvalue weighted by atomic mass is 10.1. The molecule has 0 aliphatic heterocycles. The van der Waals surface area contributed by atoms with Gasteiger partial charge in [-0.25, -0.2) is 0 Å². The minimum absolute atomic E-state index is 0.0246. The van der Waals surface area contributed by atoms with Crippen LogP contribution in [0, 0.1) is 5.92 Å². The highest BCUT2D eigenvalue weighted by atomic mass is 35.5. The van der Waals surface area contributed by atoms with Gasteiger partial charge < -0.3 is 10.6 Å². The molecule has 1 rings (SSSR count). The van der Waals surface area contributed by atoms with Gasteiger partial charge in [-0.1, -0.05) is 25.4 Å². The van der Waals surface area contributed by atoms with Crippen molar-refractivity contribution in [3.63, 3.8) is 0 Å². The molecule has 0 fully saturated rings. The Kier molecular flexibility index (Phi) is 5.45. The number of benzene rings is 1. The highest BCUT2D eigenvalue weighted by Gasteiger charge is 2.18. The fourth-order valence-electron chi connectivity index (χ4n) is 1.55. The van der Waals surface area contributed by atoms with E-state index in [2.05, 4.69) is 0 Å². The molecule has 0 atom stereocenters. The molecule has 1 amide bonds. The Morgan fingerprint density at radius 1 is 1.35 bits per heavy atom. The lowest BCUT2D eigenvalue weighted by Gasteiger charge is -2.24. The van der Waals surface area contributed by atoms with Crippen LogP contribution in [0.4, 0.5) is 5.69 Å². The van der Waals surface area contributed by atoms with Gasteiger partial charge in [0.25, 0.3) is 0 Å². The van der Waals surface area contributed by atoms with Crippen molar-refractivity contribution in [3.8, 4) is 0 Å². The molecule has 17 heavy (non-hydrogen) atoms. The summed E-state index contributed by atoms with van der Waals surface area (Å²) in [6.07, 6.45) is 0.793. The molecule has 4 heteroatoms. The zero-order valence-corrected chi connectivity index (χ0v) is 11.1. The number of rotatable bonds is 5. The molecule has 0 saturated carbocycles. The molecule has 94 valence electrons. The smallest absolute Gasteiger partial charge is 0.229 e. The number of nitrogens with zero attached hydrogens (tertiary/aromatic N) is 1. The van der Waals surface area contributed by atoms with E-state index in [0.717, 1.165) is 12.1 Å². The Morgan fingerprint density at radius 3 is 2.41 bits per heavy atom. The van der Waals surface area contributed by atoms with E-state index in [9.17, 15) is 4.79 Å². The van der Waals surface area contributed by atoms with E-state index in [-0.39, 0.29) is 11.8 Å². The molecule has 0 spiro atoms. The van der Waals surface area contributed by atoms with Crippen LogP contribution in [0.1, 0.15) is 20.3 Å². The van der Waals surface area contributed by atoms with Crippen LogP contribution in [0.2, 0.25) is 5.02 Å². The van der Waals surface area contributed by atoms with Gasteiger partial charge in [0, 0.05) is 23.2 Å². The Hall–Kier alpha value is -1.06. The van der Waals surface area contributed by atoms with Gasteiger partial charge in [-0.15, -0.1) is 0 Å². The number of hydrogen-bond donors (Lipinski definition) is 1. The first-order valence-corrected chi connectivity index (χ1v) is 6.21. The summed E-state index contributed by atoms with van der Waals surface area (Å²) in [5, 5.41) is 0.671. The predicted molar refractivity (Wildman–Crippen MR) is 72.3 cm³/mol. The maximum Gasteiger partial charge on any atom is 0.229 e. The van der Waals surface area contributed by atoms with Gasteiger partial charge in [-0.3, -0.25) is 4.79 Å². The van der Waals surface area contributed by atoms with Gasteiger partial charge in [0.15, 0.2) is 0 Å². The minimum atomic E-state index is -0.0246. The third-order valence-corrected chi connectivity index (χ3v) is 2.74. The SMILES string of the molecule is CC(C)C(=O)N(CCCN)c1ccc(Cl)cc1. The Bertz CT molecular complexity index is 362. The van der Waals surface area contributed by atoms with E-state index in [1.165, 1.54) is 0 Å². The zero-order chi connectivity index (χ0) is 12.8. The van der Waals surface area contributed by atoms with E-state index >= 15 is 0 Å². The fourth-order valence-corrected chi connectivity index (χ4v) is 1.67. The second-order valence-electron chi connectivity index (χ2n) is 4.26. The average Bonchev–Trinajstić information content (AvgIpc) is 2.31. The molecule has 0 saturated heterocycles. The Labute approximate surface area is 108 Å². The van der Waals surface area contributed by atoms with E-state index in [1.54, 1.807) is 17.0 Å². The van der Waals surface area contributed by atoms with E-state index < -0.39 is 0 Å². The van der Waals surface area contributed by atoms with Crippen LogP contribution in [0.3, 0.4) is 0 Å². The molecule has 2 N–H and O–H groups in total. The van der Waals surface area contributed by atoms with Crippen LogP contribution in [-0.4, -0.2) is 19.0 Å². The quantitative estimate of drug-likeness (QED) is 0.878. The first kappa shape index (κ1) is 14.0. The molecular formula is C13H19ClN2O. The second-order valence-corrected chi connectivity index (χ2v) is 4.70. The summed E-state index contributed by atoms with van der Waals surface area (Å²) >= 11 is 5.84. The van der Waals surface area contributed by atoms with Gasteiger partial charge in [-0.2, -0.15) is 0 Å². The van der Waals surface area contributed by atoms with Crippen molar-refractivity contribution in [1.29, 1.82) is 0 Å². The number of carbonyl (C=O) groups excluding carboxylic acids is 1. The Morgan fingerprint density at radius 2 is 1.94 bits per heavy atom. The zero-order valence-electron chi connectivity index (χ0n) is 10.3. The Balaban J connectivity index is 2.89. The van der Waals surface area contributed by atoms with Crippen molar-refractivity contribution in [2.75, 3.05) is 18.0 Å². The summed E-state index contributed by atoms with van der Waals surface area (Å²) in [5.74, 6) is 0.0872. The average molecular weight is 255 g/mol. The summed E-state index contributed by atoms with van der Waals surface area (Å²) in [6.45, 7) is 5.02. The molecule has 0 aromatic heterocycles. The monoisotopic (exact) mass is 254 g/mol. The first-order valence-electron chi connectivity index (χ1n) is 5.83. The highest BCUT2D eigenvalue weighted by molar-refractivity contribution is 6.30. The lowest BCUT2D eigenvalue weighted by Crippen LogP contribution is -2.35. The molecule has 1 aromatic carbocycles. The molecule has 0 heterocycles. The van der Waals surface area contributed by atoms with Gasteiger partial charge >= 0.3 is 0 Å². The number of carbonyl (C=O) groups is 1. The van der Waals surface area contributed by atoms with Crippen molar-refractivity contribution < 1.29 is 4.79 Å². The van der Waals surface area contributed by atoms with Crippen molar-refractivity contribution in [3.05, 3.63) is 29.3 Å². The van der Waals surface area contributed by atoms with Gasteiger partial charge in [-0.05, 0) is 37.2 Å². The molecular weight excluding hydrogens is 236 g/mol. The minimum Gasteiger partial charge on any atom is -0.330 e. The molecule has 0 radical (unpaired) electrons. The fraction of sp³-hybridized carbons (Fsp3) is 0.462. The molecule has 3 nitrogen and oxygen atoms in total. The largest absolute Gasteiger partial charge is 0.330 e. The third kappa shape index (κ3) is 4.02. The summed E-state index contributed by atoms with van der Waals surface area (Å²) < 4.78 is 0. The van der Waals surface area contributed by atoms with Crippen LogP contribution >= 0.6 is 11.6 Å². The van der Waals surface area contributed by atoms with E-state index in [1.807, 2.05) is 26.0 Å². The van der Waals surface area contributed by atoms with Crippen LogP contribution in [0.15, 0.2) is 24.3 Å². The van der Waals surface area contributed by atoms with E-state index in [0.29, 0.717) is 18.1 Å². The standard InChI is InChI=1S/C13H19ClN2O/c1-10(2)13(17)16(9-3-8-15)12-6-4-11(14)5-7-12/h4-7,10H,3,8-9,15H2,1-2H3. The summed E-state index contributed by atoms with van der Waals surface area (Å²) in [7, 11) is 0. The second kappa shape index (κ2) is 6.62. The van der Waals surface area contributed by atoms with Crippen molar-refractivity contribution in [2.45, 2.75) is 20.3 Å². The molecule has 0 aliphatic rings. The molecule has 0 unspecified atom stereocenters. The van der Waals surface area contributed by atoms with E-state index in [4.69, 9.17) is 17.3 Å². The number of amides is 1. The van der Waals surface area contributed by atoms with Crippen LogP contribution in [0.25, 0.3) is 0 Å². The number of halogens is 1. The van der Waals surface area contributed by atoms with Crippen molar-refractivity contribution in [2.24, 2.45) is 11.7 Å². The number of anilines is 1. The highest BCUT2D eigenvalue weighted by Crippen LogP contribution is 2.20. The van der Waals surface area contributed by atoms with Crippen LogP contribution < -0.4 is 10.6 Å². The third-order valence-electron chi connectivity index (χ3n) is 2.48. The normalized spacial score (nSPS) is 10.6. The first-order chi connectivity index (χ1) is 8.06. The number of hydrogen-bond acceptors (Lipinski definition) is 2. The predicted octanol–water partition coefficient (Wildman–Crippen LogP) is 2.68. The van der Waals surface area contributed by atoms with Crippen molar-refractivity contribution in [1.82, 2.24) is 0 Å². The number of nitrogens with two attached hydrogens (primary N) is 1. The van der Waals surface area contributed by atoms with Crippen molar-refractivity contribution >= 4 is 23.2 Å². The van der Waals surface area contributed by atoms with Gasteiger partial charge in [0.05, 0.1) is 0 Å².